The molecule has 144 valence electrons. The number of pyridine rings is 1. The maximum Gasteiger partial charge on any atom is 0.309 e. The summed E-state index contributed by atoms with van der Waals surface area (Å²) >= 11 is 0. The highest BCUT2D eigenvalue weighted by molar-refractivity contribution is 6.14. The topological polar surface area (TPSA) is 80.9 Å². The van der Waals surface area contributed by atoms with Gasteiger partial charge in [-0.25, -0.2) is 4.39 Å². The SMILES string of the molecule is CC[C@@]1(O)CC(=O)OCc2c1cc1n(c2=O)CC2=CC3C=CC=C(F)C3N=C21. The zero-order valence-corrected chi connectivity index (χ0v) is 15.3. The number of nitrogens with zero attached hydrogens (tertiary/aromatic N) is 2. The highest BCUT2D eigenvalue weighted by atomic mass is 19.1. The highest BCUT2D eigenvalue weighted by Crippen LogP contribution is 2.38. The number of carbonyl (C=O) groups excluding carboxylic acids is 1. The minimum Gasteiger partial charge on any atom is -0.460 e. The van der Waals surface area contributed by atoms with E-state index in [-0.39, 0.29) is 36.8 Å². The molecule has 0 saturated carbocycles. The molecule has 0 radical (unpaired) electrons. The molecule has 0 aromatic carbocycles. The minimum atomic E-state index is -1.47. The van der Waals surface area contributed by atoms with Gasteiger partial charge in [-0.3, -0.25) is 14.6 Å². The van der Waals surface area contributed by atoms with Gasteiger partial charge in [0.15, 0.2) is 0 Å². The van der Waals surface area contributed by atoms with Crippen LogP contribution in [0.1, 0.15) is 36.6 Å². The summed E-state index contributed by atoms with van der Waals surface area (Å²) in [6, 6.07) is 1.10. The van der Waals surface area contributed by atoms with Crippen LogP contribution in [-0.2, 0) is 28.3 Å². The third-order valence-electron chi connectivity index (χ3n) is 6.07. The van der Waals surface area contributed by atoms with E-state index >= 15 is 0 Å². The number of allylic oxidation sites excluding steroid dienone is 3. The molecule has 0 fully saturated rings. The van der Waals surface area contributed by atoms with Gasteiger partial charge in [0.05, 0.1) is 29.9 Å². The first-order chi connectivity index (χ1) is 13.4. The van der Waals surface area contributed by atoms with E-state index in [9.17, 15) is 19.1 Å². The summed E-state index contributed by atoms with van der Waals surface area (Å²) in [7, 11) is 0. The molecule has 4 aliphatic rings. The van der Waals surface area contributed by atoms with Gasteiger partial charge in [0.2, 0.25) is 0 Å². The second kappa shape index (κ2) is 5.85. The number of esters is 1. The zero-order valence-electron chi connectivity index (χ0n) is 15.3. The lowest BCUT2D eigenvalue weighted by Crippen LogP contribution is -2.33. The van der Waals surface area contributed by atoms with Crippen molar-refractivity contribution in [3.05, 3.63) is 68.9 Å². The molecule has 6 nitrogen and oxygen atoms in total. The lowest BCUT2D eigenvalue weighted by Gasteiger charge is -2.27. The number of hydrogen-bond acceptors (Lipinski definition) is 5. The molecule has 5 rings (SSSR count). The van der Waals surface area contributed by atoms with Gasteiger partial charge in [-0.05, 0) is 29.7 Å². The first-order valence-corrected chi connectivity index (χ1v) is 9.39. The Balaban J connectivity index is 1.71. The molecule has 1 aromatic heterocycles. The monoisotopic (exact) mass is 382 g/mol. The van der Waals surface area contributed by atoms with Gasteiger partial charge >= 0.3 is 5.97 Å². The third-order valence-corrected chi connectivity index (χ3v) is 6.07. The number of aliphatic hydroxyl groups is 1. The average Bonchev–Trinajstić information content (AvgIpc) is 2.97. The van der Waals surface area contributed by atoms with Gasteiger partial charge in [-0.1, -0.05) is 25.2 Å². The van der Waals surface area contributed by atoms with Crippen molar-refractivity contribution in [2.75, 3.05) is 0 Å². The Hall–Kier alpha value is -2.80. The molecule has 1 N–H and O–H groups in total. The Morgan fingerprint density at radius 3 is 3.04 bits per heavy atom. The second-order valence-corrected chi connectivity index (χ2v) is 7.66. The van der Waals surface area contributed by atoms with Crippen LogP contribution in [0, 0.1) is 5.92 Å². The number of carbonyl (C=O) groups is 1. The summed E-state index contributed by atoms with van der Waals surface area (Å²) < 4.78 is 21.0. The van der Waals surface area contributed by atoms with E-state index in [4.69, 9.17) is 4.74 Å². The Labute approximate surface area is 160 Å². The van der Waals surface area contributed by atoms with Crippen LogP contribution in [-0.4, -0.2) is 27.4 Å². The molecule has 0 bridgehead atoms. The van der Waals surface area contributed by atoms with Crippen molar-refractivity contribution in [2.45, 2.75) is 44.6 Å². The van der Waals surface area contributed by atoms with Crippen molar-refractivity contribution in [3.8, 4) is 0 Å². The lowest BCUT2D eigenvalue weighted by atomic mass is 9.85. The Kier molecular flexibility index (Phi) is 3.61. The number of ether oxygens (including phenoxy) is 1. The van der Waals surface area contributed by atoms with Crippen molar-refractivity contribution in [2.24, 2.45) is 10.9 Å². The summed E-state index contributed by atoms with van der Waals surface area (Å²) in [6.45, 7) is 1.93. The molecule has 28 heavy (non-hydrogen) atoms. The number of halogens is 1. The standard InChI is InChI=1S/C21H19FN2O4/c1-2-21(27)8-17(25)28-10-13-14(21)7-16-19-12(9-24(16)20(13)26)6-11-4-3-5-15(22)18(11)23-19/h3-7,11,18,27H,2,8-10H2,1H3/t11?,18?,21-/m1/s1. The minimum absolute atomic E-state index is 0.160. The van der Waals surface area contributed by atoms with Crippen molar-refractivity contribution in [3.63, 3.8) is 0 Å². The largest absolute Gasteiger partial charge is 0.460 e. The van der Waals surface area contributed by atoms with Crippen molar-refractivity contribution >= 4 is 11.7 Å². The Morgan fingerprint density at radius 2 is 2.25 bits per heavy atom. The number of aliphatic imine (C=N–C) groups is 1. The van der Waals surface area contributed by atoms with Crippen LogP contribution in [0.3, 0.4) is 0 Å². The predicted molar refractivity (Wildman–Crippen MR) is 99.5 cm³/mol. The highest BCUT2D eigenvalue weighted by Gasteiger charge is 2.41. The zero-order chi connectivity index (χ0) is 19.6. The van der Waals surface area contributed by atoms with Crippen LogP contribution < -0.4 is 5.56 Å². The first kappa shape index (κ1) is 17.3. The van der Waals surface area contributed by atoms with E-state index in [2.05, 4.69) is 4.99 Å². The quantitative estimate of drug-likeness (QED) is 0.754. The fourth-order valence-electron chi connectivity index (χ4n) is 4.47. The number of fused-ring (bicyclic) bond motifs is 5. The Morgan fingerprint density at radius 1 is 1.43 bits per heavy atom. The third kappa shape index (κ3) is 2.32. The summed E-state index contributed by atoms with van der Waals surface area (Å²) in [5, 5.41) is 11.1. The van der Waals surface area contributed by atoms with Gasteiger partial charge in [-0.15, -0.1) is 0 Å². The molecule has 2 unspecified atom stereocenters. The van der Waals surface area contributed by atoms with Gasteiger partial charge in [0, 0.05) is 5.92 Å². The molecule has 0 spiro atoms. The van der Waals surface area contributed by atoms with E-state index in [1.165, 1.54) is 6.08 Å². The Bertz CT molecular complexity index is 1090. The molecule has 1 aromatic rings. The number of dihydropyridines is 1. The molecular formula is C21H19FN2O4. The summed E-state index contributed by atoms with van der Waals surface area (Å²) in [4.78, 5) is 29.7. The summed E-state index contributed by atoms with van der Waals surface area (Å²) in [5.41, 5.74) is 0.925. The van der Waals surface area contributed by atoms with E-state index in [0.29, 0.717) is 29.1 Å². The summed E-state index contributed by atoms with van der Waals surface area (Å²) in [6.07, 6.45) is 7.00. The second-order valence-electron chi connectivity index (χ2n) is 7.66. The number of rotatable bonds is 1. The fourth-order valence-corrected chi connectivity index (χ4v) is 4.47. The van der Waals surface area contributed by atoms with Crippen molar-refractivity contribution < 1.29 is 19.0 Å². The summed E-state index contributed by atoms with van der Waals surface area (Å²) in [5.74, 6) is -1.01. The van der Waals surface area contributed by atoms with Crippen LogP contribution in [0.15, 0.2) is 51.6 Å². The molecule has 4 heterocycles. The normalized spacial score (nSPS) is 30.1. The van der Waals surface area contributed by atoms with Gasteiger partial charge in [0.1, 0.15) is 24.1 Å². The van der Waals surface area contributed by atoms with E-state index in [1.807, 2.05) is 12.2 Å². The van der Waals surface area contributed by atoms with Gasteiger partial charge in [0.25, 0.3) is 5.56 Å². The predicted octanol–water partition coefficient (Wildman–Crippen LogP) is 2.04. The maximum absolute atomic E-state index is 14.3. The molecule has 1 aliphatic carbocycles. The van der Waals surface area contributed by atoms with E-state index < -0.39 is 17.6 Å². The van der Waals surface area contributed by atoms with Crippen LogP contribution in [0.5, 0.6) is 0 Å². The van der Waals surface area contributed by atoms with Crippen LogP contribution >= 0.6 is 0 Å². The van der Waals surface area contributed by atoms with E-state index in [0.717, 1.165) is 5.57 Å². The lowest BCUT2D eigenvalue weighted by molar-refractivity contribution is -0.149. The molecule has 3 aliphatic heterocycles. The first-order valence-electron chi connectivity index (χ1n) is 9.39. The van der Waals surface area contributed by atoms with Gasteiger partial charge in [-0.2, -0.15) is 0 Å². The molecule has 0 saturated heterocycles. The van der Waals surface area contributed by atoms with Crippen LogP contribution in [0.4, 0.5) is 4.39 Å². The number of aromatic nitrogens is 1. The average molecular weight is 382 g/mol. The number of hydrogen-bond donors (Lipinski definition) is 1. The fraction of sp³-hybridized carbons (Fsp3) is 0.381. The van der Waals surface area contributed by atoms with Crippen LogP contribution in [0.2, 0.25) is 0 Å². The molecular weight excluding hydrogens is 363 g/mol. The van der Waals surface area contributed by atoms with E-state index in [1.54, 1.807) is 23.6 Å². The molecule has 0 amide bonds. The molecule has 3 atom stereocenters. The number of cyclic esters (lactones) is 1. The maximum atomic E-state index is 14.3. The smallest absolute Gasteiger partial charge is 0.309 e. The van der Waals surface area contributed by atoms with Crippen LogP contribution in [0.25, 0.3) is 0 Å². The van der Waals surface area contributed by atoms with Gasteiger partial charge < -0.3 is 14.4 Å². The van der Waals surface area contributed by atoms with Crippen molar-refractivity contribution in [1.29, 1.82) is 0 Å². The van der Waals surface area contributed by atoms with Crippen molar-refractivity contribution in [1.82, 2.24) is 4.57 Å². The molecule has 7 heteroatoms.